The Hall–Kier alpha value is -2.14. The second kappa shape index (κ2) is 7.00. The minimum absolute atomic E-state index is 0.135. The van der Waals surface area contributed by atoms with E-state index in [2.05, 4.69) is 12.1 Å². The Morgan fingerprint density at radius 2 is 2.00 bits per heavy atom. The minimum Gasteiger partial charge on any atom is -0.454 e. The molecule has 0 N–H and O–H groups in total. The van der Waals surface area contributed by atoms with Crippen LogP contribution in [0.2, 0.25) is 0 Å². The molecule has 25 heavy (non-hydrogen) atoms. The molecule has 0 aliphatic carbocycles. The lowest BCUT2D eigenvalue weighted by molar-refractivity contribution is 0.0766. The summed E-state index contributed by atoms with van der Waals surface area (Å²) in [6, 6.07) is 14.0. The van der Waals surface area contributed by atoms with E-state index < -0.39 is 0 Å². The van der Waals surface area contributed by atoms with Gasteiger partial charge in [0.15, 0.2) is 11.5 Å². The van der Waals surface area contributed by atoms with E-state index >= 15 is 0 Å². The molecule has 2 aromatic rings. The van der Waals surface area contributed by atoms with E-state index in [9.17, 15) is 4.79 Å². The van der Waals surface area contributed by atoms with Gasteiger partial charge in [0, 0.05) is 29.7 Å². The maximum Gasteiger partial charge on any atom is 0.253 e. The molecule has 0 spiro atoms. The highest BCUT2D eigenvalue weighted by molar-refractivity contribution is 7.99. The Morgan fingerprint density at radius 3 is 2.88 bits per heavy atom. The molecule has 0 aromatic heterocycles. The number of carbonyl (C=O) groups is 1. The number of rotatable bonds is 2. The largest absolute Gasteiger partial charge is 0.454 e. The fourth-order valence-electron chi connectivity index (χ4n) is 3.31. The summed E-state index contributed by atoms with van der Waals surface area (Å²) in [6.45, 7) is 3.89. The molecule has 0 radical (unpaired) electrons. The topological polar surface area (TPSA) is 38.8 Å². The van der Waals surface area contributed by atoms with E-state index in [1.165, 1.54) is 5.56 Å². The number of carbonyl (C=O) groups excluding carboxylic acids is 1. The monoisotopic (exact) mass is 355 g/mol. The molecular formula is C20H21NO3S. The molecule has 2 aliphatic heterocycles. The zero-order valence-corrected chi connectivity index (χ0v) is 15.1. The van der Waals surface area contributed by atoms with Crippen LogP contribution < -0.4 is 9.47 Å². The Morgan fingerprint density at radius 1 is 1.12 bits per heavy atom. The van der Waals surface area contributed by atoms with Crippen LogP contribution in [0.1, 0.15) is 33.2 Å². The van der Waals surface area contributed by atoms with Gasteiger partial charge in [-0.15, -0.1) is 0 Å². The van der Waals surface area contributed by atoms with Crippen LogP contribution in [0.3, 0.4) is 0 Å². The van der Waals surface area contributed by atoms with Crippen molar-refractivity contribution in [2.75, 3.05) is 25.6 Å². The predicted molar refractivity (Wildman–Crippen MR) is 99.5 cm³/mol. The molecule has 5 heteroatoms. The lowest BCUT2D eigenvalue weighted by Crippen LogP contribution is -2.33. The van der Waals surface area contributed by atoms with Gasteiger partial charge in [0.25, 0.3) is 5.91 Å². The number of amides is 1. The van der Waals surface area contributed by atoms with Crippen LogP contribution in [0, 0.1) is 6.92 Å². The van der Waals surface area contributed by atoms with Gasteiger partial charge in [-0.25, -0.2) is 0 Å². The van der Waals surface area contributed by atoms with Crippen molar-refractivity contribution in [2.24, 2.45) is 0 Å². The summed E-state index contributed by atoms with van der Waals surface area (Å²) in [6.07, 6.45) is 0.946. The smallest absolute Gasteiger partial charge is 0.253 e. The van der Waals surface area contributed by atoms with Gasteiger partial charge in [-0.1, -0.05) is 23.8 Å². The van der Waals surface area contributed by atoms with Gasteiger partial charge in [0.1, 0.15) is 0 Å². The molecule has 0 bridgehead atoms. The zero-order chi connectivity index (χ0) is 17.2. The highest BCUT2D eigenvalue weighted by Gasteiger charge is 2.24. The molecule has 1 unspecified atom stereocenters. The van der Waals surface area contributed by atoms with E-state index in [-0.39, 0.29) is 5.91 Å². The average Bonchev–Trinajstić information content (AvgIpc) is 2.96. The molecule has 4 rings (SSSR count). The summed E-state index contributed by atoms with van der Waals surface area (Å²) in [7, 11) is 0. The van der Waals surface area contributed by atoms with Crippen molar-refractivity contribution in [3.8, 4) is 11.5 Å². The summed E-state index contributed by atoms with van der Waals surface area (Å²) >= 11 is 1.91. The first-order valence-electron chi connectivity index (χ1n) is 8.58. The summed E-state index contributed by atoms with van der Waals surface area (Å²) in [5, 5.41) is 0.379. The van der Waals surface area contributed by atoms with Crippen molar-refractivity contribution in [2.45, 2.75) is 18.6 Å². The standard InChI is InChI=1S/C20H21NO3S/c1-14-3-2-4-16(11-14)20(22)21-8-7-19(25-10-9-21)15-5-6-17-18(12-15)24-13-23-17/h2-6,11-12,19H,7-10,13H2,1H3. The van der Waals surface area contributed by atoms with E-state index in [0.29, 0.717) is 12.0 Å². The van der Waals surface area contributed by atoms with Crippen LogP contribution in [0.25, 0.3) is 0 Å². The van der Waals surface area contributed by atoms with Gasteiger partial charge in [0.2, 0.25) is 6.79 Å². The maximum absolute atomic E-state index is 12.8. The van der Waals surface area contributed by atoms with Crippen molar-refractivity contribution in [3.05, 3.63) is 59.2 Å². The first-order valence-corrected chi connectivity index (χ1v) is 9.63. The van der Waals surface area contributed by atoms with Gasteiger partial charge >= 0.3 is 0 Å². The lowest BCUT2D eigenvalue weighted by Gasteiger charge is -2.20. The number of nitrogens with zero attached hydrogens (tertiary/aromatic N) is 1. The fraction of sp³-hybridized carbons (Fsp3) is 0.350. The maximum atomic E-state index is 12.8. The van der Waals surface area contributed by atoms with Gasteiger partial charge in [-0.2, -0.15) is 11.8 Å². The van der Waals surface area contributed by atoms with E-state index in [1.54, 1.807) is 0 Å². The average molecular weight is 355 g/mol. The summed E-state index contributed by atoms with van der Waals surface area (Å²) in [5.41, 5.74) is 3.15. The van der Waals surface area contributed by atoms with Crippen molar-refractivity contribution in [3.63, 3.8) is 0 Å². The summed E-state index contributed by atoms with van der Waals surface area (Å²) in [4.78, 5) is 14.8. The second-order valence-electron chi connectivity index (χ2n) is 6.42. The molecule has 1 amide bonds. The van der Waals surface area contributed by atoms with Crippen molar-refractivity contribution >= 4 is 17.7 Å². The third-order valence-electron chi connectivity index (χ3n) is 4.66. The van der Waals surface area contributed by atoms with Crippen LogP contribution in [-0.4, -0.2) is 36.4 Å². The minimum atomic E-state index is 0.135. The highest BCUT2D eigenvalue weighted by Crippen LogP contribution is 2.40. The quantitative estimate of drug-likeness (QED) is 0.815. The molecule has 2 aromatic carbocycles. The SMILES string of the molecule is Cc1cccc(C(=O)N2CCSC(c3ccc4c(c3)OCO4)CC2)c1. The lowest BCUT2D eigenvalue weighted by atomic mass is 10.1. The third kappa shape index (κ3) is 3.47. The molecule has 4 nitrogen and oxygen atoms in total. The second-order valence-corrected chi connectivity index (χ2v) is 7.73. The zero-order valence-electron chi connectivity index (χ0n) is 14.2. The van der Waals surface area contributed by atoms with Gasteiger partial charge < -0.3 is 14.4 Å². The van der Waals surface area contributed by atoms with Gasteiger partial charge in [-0.3, -0.25) is 4.79 Å². The van der Waals surface area contributed by atoms with E-state index in [1.807, 2.05) is 53.9 Å². The Labute approximate surface area is 152 Å². The molecule has 1 saturated heterocycles. The number of benzene rings is 2. The van der Waals surface area contributed by atoms with E-state index in [0.717, 1.165) is 47.9 Å². The number of aryl methyl sites for hydroxylation is 1. The molecule has 0 saturated carbocycles. The number of fused-ring (bicyclic) bond motifs is 1. The van der Waals surface area contributed by atoms with Crippen molar-refractivity contribution in [1.82, 2.24) is 4.90 Å². The Balaban J connectivity index is 1.46. The number of ether oxygens (including phenoxy) is 2. The van der Waals surface area contributed by atoms with Crippen LogP contribution >= 0.6 is 11.8 Å². The molecule has 2 aliphatic rings. The molecule has 1 fully saturated rings. The Bertz CT molecular complexity index is 792. The van der Waals surface area contributed by atoms with Crippen molar-refractivity contribution < 1.29 is 14.3 Å². The molecule has 2 heterocycles. The molecule has 130 valence electrons. The summed E-state index contributed by atoms with van der Waals surface area (Å²) < 4.78 is 10.9. The van der Waals surface area contributed by atoms with E-state index in [4.69, 9.17) is 9.47 Å². The first-order chi connectivity index (χ1) is 12.2. The number of hydrogen-bond donors (Lipinski definition) is 0. The van der Waals surface area contributed by atoms with Crippen LogP contribution in [0.5, 0.6) is 11.5 Å². The predicted octanol–water partition coefficient (Wildman–Crippen LogP) is 4.04. The third-order valence-corrected chi connectivity index (χ3v) is 5.99. The van der Waals surface area contributed by atoms with Gasteiger partial charge in [0.05, 0.1) is 0 Å². The normalized spacial score (nSPS) is 19.6. The Kier molecular flexibility index (Phi) is 4.57. The molecule has 1 atom stereocenters. The van der Waals surface area contributed by atoms with Crippen LogP contribution in [-0.2, 0) is 0 Å². The van der Waals surface area contributed by atoms with Crippen LogP contribution in [0.15, 0.2) is 42.5 Å². The fourth-order valence-corrected chi connectivity index (χ4v) is 4.53. The first kappa shape index (κ1) is 16.3. The highest BCUT2D eigenvalue weighted by atomic mass is 32.2. The number of hydrogen-bond acceptors (Lipinski definition) is 4. The molecular weight excluding hydrogens is 334 g/mol. The summed E-state index contributed by atoms with van der Waals surface area (Å²) in [5.74, 6) is 2.72. The van der Waals surface area contributed by atoms with Crippen LogP contribution in [0.4, 0.5) is 0 Å². The number of thioether (sulfide) groups is 1. The van der Waals surface area contributed by atoms with Gasteiger partial charge in [-0.05, 0) is 43.2 Å². The van der Waals surface area contributed by atoms with Crippen molar-refractivity contribution in [1.29, 1.82) is 0 Å².